The van der Waals surface area contributed by atoms with Gasteiger partial charge < -0.3 is 5.73 Å². The third kappa shape index (κ3) is 2.57. The van der Waals surface area contributed by atoms with Crippen LogP contribution in [0.25, 0.3) is 0 Å². The third-order valence-corrected chi connectivity index (χ3v) is 5.88. The lowest BCUT2D eigenvalue weighted by Crippen LogP contribution is -2.37. The fraction of sp³-hybridized carbons (Fsp3) is 0.333. The molecule has 0 aliphatic carbocycles. The maximum atomic E-state index is 12.9. The molecule has 1 aromatic heterocycles. The van der Waals surface area contributed by atoms with Gasteiger partial charge in [0, 0.05) is 12.7 Å². The molecule has 0 atom stereocenters. The van der Waals surface area contributed by atoms with Gasteiger partial charge in [0.25, 0.3) is 0 Å². The molecule has 6 nitrogen and oxygen atoms in total. The minimum Gasteiger partial charge on any atom is -0.368 e. The molecular formula is C15H18N4O2S. The summed E-state index contributed by atoms with van der Waals surface area (Å²) in [6.07, 6.45) is 2.28. The first kappa shape index (κ1) is 14.9. The molecule has 2 N–H and O–H groups in total. The zero-order valence-corrected chi connectivity index (χ0v) is 13.4. The molecule has 0 saturated heterocycles. The van der Waals surface area contributed by atoms with E-state index in [4.69, 9.17) is 5.73 Å². The van der Waals surface area contributed by atoms with E-state index in [0.29, 0.717) is 23.6 Å². The second kappa shape index (κ2) is 5.33. The molecule has 2 aromatic rings. The highest BCUT2D eigenvalue weighted by Crippen LogP contribution is 2.26. The standard InChI is InChI=1S/C15H18N4O2S/c1-10-3-4-14(11(2)7-10)22(20,21)19-6-5-12-8-17-15(16)18-13(12)9-19/h3-4,7-8H,5-6,9H2,1-2H3,(H2,16,17,18). The fourth-order valence-corrected chi connectivity index (χ4v) is 4.34. The van der Waals surface area contributed by atoms with Crippen molar-refractivity contribution in [3.63, 3.8) is 0 Å². The van der Waals surface area contributed by atoms with Crippen LogP contribution >= 0.6 is 0 Å². The lowest BCUT2D eigenvalue weighted by molar-refractivity contribution is 0.384. The molecule has 22 heavy (non-hydrogen) atoms. The Morgan fingerprint density at radius 2 is 2.05 bits per heavy atom. The van der Waals surface area contributed by atoms with E-state index in [9.17, 15) is 8.42 Å². The van der Waals surface area contributed by atoms with Crippen LogP contribution in [0.3, 0.4) is 0 Å². The highest BCUT2D eigenvalue weighted by atomic mass is 32.2. The number of anilines is 1. The Balaban J connectivity index is 1.97. The molecule has 7 heteroatoms. The van der Waals surface area contributed by atoms with Crippen LogP contribution in [0, 0.1) is 13.8 Å². The van der Waals surface area contributed by atoms with Gasteiger partial charge in [-0.2, -0.15) is 4.31 Å². The van der Waals surface area contributed by atoms with E-state index in [0.717, 1.165) is 16.7 Å². The second-order valence-corrected chi connectivity index (χ2v) is 7.46. The van der Waals surface area contributed by atoms with Crippen molar-refractivity contribution in [3.8, 4) is 0 Å². The van der Waals surface area contributed by atoms with Gasteiger partial charge in [0.2, 0.25) is 16.0 Å². The Hall–Kier alpha value is -1.99. The molecule has 0 saturated carbocycles. The van der Waals surface area contributed by atoms with Crippen molar-refractivity contribution in [3.05, 3.63) is 46.8 Å². The Labute approximate surface area is 130 Å². The third-order valence-electron chi connectivity index (χ3n) is 3.88. The van der Waals surface area contributed by atoms with E-state index >= 15 is 0 Å². The van der Waals surface area contributed by atoms with E-state index in [1.54, 1.807) is 12.3 Å². The van der Waals surface area contributed by atoms with Gasteiger partial charge in [-0.3, -0.25) is 0 Å². The number of fused-ring (bicyclic) bond motifs is 1. The maximum absolute atomic E-state index is 12.9. The molecule has 2 heterocycles. The summed E-state index contributed by atoms with van der Waals surface area (Å²) < 4.78 is 27.2. The summed E-state index contributed by atoms with van der Waals surface area (Å²) in [6.45, 7) is 4.42. The van der Waals surface area contributed by atoms with Gasteiger partial charge in [-0.05, 0) is 37.5 Å². The topological polar surface area (TPSA) is 89.2 Å². The number of aryl methyl sites for hydroxylation is 2. The average molecular weight is 318 g/mol. The van der Waals surface area contributed by atoms with Crippen molar-refractivity contribution in [1.82, 2.24) is 14.3 Å². The molecule has 0 amide bonds. The first-order chi connectivity index (χ1) is 10.4. The Kier molecular flexibility index (Phi) is 3.62. The summed E-state index contributed by atoms with van der Waals surface area (Å²) in [5.74, 6) is 0.171. The number of nitrogen functional groups attached to an aromatic ring is 1. The minimum atomic E-state index is -3.53. The maximum Gasteiger partial charge on any atom is 0.243 e. The van der Waals surface area contributed by atoms with Crippen LogP contribution in [0.5, 0.6) is 0 Å². The molecule has 1 aliphatic heterocycles. The van der Waals surface area contributed by atoms with Crippen molar-refractivity contribution >= 4 is 16.0 Å². The van der Waals surface area contributed by atoms with Crippen LogP contribution in [0.2, 0.25) is 0 Å². The number of sulfonamides is 1. The van der Waals surface area contributed by atoms with Crippen molar-refractivity contribution in [2.45, 2.75) is 31.7 Å². The molecule has 1 aromatic carbocycles. The summed E-state index contributed by atoms with van der Waals surface area (Å²) in [6, 6.07) is 5.37. The number of aromatic nitrogens is 2. The lowest BCUT2D eigenvalue weighted by Gasteiger charge is -2.27. The van der Waals surface area contributed by atoms with Crippen LogP contribution in [0.4, 0.5) is 5.95 Å². The number of nitrogens with zero attached hydrogens (tertiary/aromatic N) is 3. The summed E-state index contributed by atoms with van der Waals surface area (Å²) in [4.78, 5) is 8.48. The monoisotopic (exact) mass is 318 g/mol. The zero-order valence-electron chi connectivity index (χ0n) is 12.6. The molecule has 0 radical (unpaired) electrons. The number of rotatable bonds is 2. The van der Waals surface area contributed by atoms with Crippen molar-refractivity contribution < 1.29 is 8.42 Å². The SMILES string of the molecule is Cc1ccc(S(=O)(=O)N2CCc3cnc(N)nc3C2)c(C)c1. The normalized spacial score (nSPS) is 15.5. The van der Waals surface area contributed by atoms with Crippen LogP contribution in [-0.2, 0) is 23.0 Å². The molecule has 116 valence electrons. The first-order valence-electron chi connectivity index (χ1n) is 7.05. The van der Waals surface area contributed by atoms with Gasteiger partial charge in [-0.15, -0.1) is 0 Å². The van der Waals surface area contributed by atoms with Gasteiger partial charge in [-0.25, -0.2) is 18.4 Å². The Bertz CT molecular complexity index is 833. The van der Waals surface area contributed by atoms with Crippen LogP contribution < -0.4 is 5.73 Å². The van der Waals surface area contributed by atoms with Crippen LogP contribution in [0.1, 0.15) is 22.4 Å². The van der Waals surface area contributed by atoms with Gasteiger partial charge in [0.05, 0.1) is 17.1 Å². The molecule has 3 rings (SSSR count). The Morgan fingerprint density at radius 3 is 2.77 bits per heavy atom. The zero-order chi connectivity index (χ0) is 15.9. The summed E-state index contributed by atoms with van der Waals surface area (Å²) in [7, 11) is -3.53. The number of hydrogen-bond acceptors (Lipinski definition) is 5. The van der Waals surface area contributed by atoms with Crippen molar-refractivity contribution in [1.29, 1.82) is 0 Å². The first-order valence-corrected chi connectivity index (χ1v) is 8.49. The summed E-state index contributed by atoms with van der Waals surface area (Å²) in [5, 5.41) is 0. The molecule has 0 bridgehead atoms. The van der Waals surface area contributed by atoms with Gasteiger partial charge in [-0.1, -0.05) is 17.7 Å². The molecule has 0 spiro atoms. The molecule has 1 aliphatic rings. The number of hydrogen-bond donors (Lipinski definition) is 1. The number of nitrogens with two attached hydrogens (primary N) is 1. The molecule has 0 fully saturated rings. The largest absolute Gasteiger partial charge is 0.368 e. The quantitative estimate of drug-likeness (QED) is 0.904. The molecule has 0 unspecified atom stereocenters. The van der Waals surface area contributed by atoms with Crippen molar-refractivity contribution in [2.24, 2.45) is 0 Å². The van der Waals surface area contributed by atoms with E-state index in [2.05, 4.69) is 9.97 Å². The van der Waals surface area contributed by atoms with Crippen molar-refractivity contribution in [2.75, 3.05) is 12.3 Å². The van der Waals surface area contributed by atoms with E-state index in [1.165, 1.54) is 4.31 Å². The second-order valence-electron chi connectivity index (χ2n) is 5.56. The smallest absolute Gasteiger partial charge is 0.243 e. The summed E-state index contributed by atoms with van der Waals surface area (Å²) >= 11 is 0. The number of benzene rings is 1. The highest BCUT2D eigenvalue weighted by molar-refractivity contribution is 7.89. The Morgan fingerprint density at radius 1 is 1.27 bits per heavy atom. The fourth-order valence-electron chi connectivity index (χ4n) is 2.73. The lowest BCUT2D eigenvalue weighted by atomic mass is 10.1. The van der Waals surface area contributed by atoms with Crippen LogP contribution in [0.15, 0.2) is 29.3 Å². The van der Waals surface area contributed by atoms with E-state index in [-0.39, 0.29) is 12.5 Å². The van der Waals surface area contributed by atoms with Crippen LogP contribution in [-0.4, -0.2) is 29.2 Å². The van der Waals surface area contributed by atoms with Gasteiger partial charge in [0.1, 0.15) is 0 Å². The predicted molar refractivity (Wildman–Crippen MR) is 83.7 cm³/mol. The highest BCUT2D eigenvalue weighted by Gasteiger charge is 2.30. The predicted octanol–water partition coefficient (Wildman–Crippen LogP) is 1.42. The van der Waals surface area contributed by atoms with E-state index < -0.39 is 10.0 Å². The molecular weight excluding hydrogens is 300 g/mol. The minimum absolute atomic E-state index is 0.171. The van der Waals surface area contributed by atoms with Gasteiger partial charge in [0.15, 0.2) is 0 Å². The van der Waals surface area contributed by atoms with E-state index in [1.807, 2.05) is 26.0 Å². The average Bonchev–Trinajstić information content (AvgIpc) is 2.46. The summed E-state index contributed by atoms with van der Waals surface area (Å²) in [5.41, 5.74) is 9.04. The van der Waals surface area contributed by atoms with Gasteiger partial charge >= 0.3 is 0 Å².